The Labute approximate surface area is 145 Å². The molecule has 0 aliphatic rings. The second-order valence-electron chi connectivity index (χ2n) is 5.88. The van der Waals surface area contributed by atoms with E-state index >= 15 is 0 Å². The molecule has 0 saturated carbocycles. The van der Waals surface area contributed by atoms with Gasteiger partial charge < -0.3 is 14.6 Å². The van der Waals surface area contributed by atoms with Crippen LogP contribution in [0.5, 0.6) is 11.5 Å². The van der Waals surface area contributed by atoms with Crippen LogP contribution in [0.4, 0.5) is 0 Å². The van der Waals surface area contributed by atoms with Crippen LogP contribution in [0.25, 0.3) is 0 Å². The zero-order valence-corrected chi connectivity index (χ0v) is 14.7. The lowest BCUT2D eigenvalue weighted by atomic mass is 10.0. The summed E-state index contributed by atoms with van der Waals surface area (Å²) in [5.41, 5.74) is 2.11. The maximum atomic E-state index is 10.3. The van der Waals surface area contributed by atoms with Gasteiger partial charge in [0.25, 0.3) is 0 Å². The topological polar surface area (TPSA) is 38.7 Å². The molecule has 0 aliphatic heterocycles. The summed E-state index contributed by atoms with van der Waals surface area (Å²) in [6.07, 6.45) is 3.19. The van der Waals surface area contributed by atoms with Crippen molar-refractivity contribution in [2.24, 2.45) is 0 Å². The molecule has 0 fully saturated rings. The number of benzene rings is 2. The van der Waals surface area contributed by atoms with Crippen LogP contribution in [0.2, 0.25) is 0 Å². The third-order valence-corrected chi connectivity index (χ3v) is 3.95. The molecule has 1 atom stereocenters. The molecule has 1 unspecified atom stereocenters. The summed E-state index contributed by atoms with van der Waals surface area (Å²) < 4.78 is 11.5. The standard InChI is InChI=1S/C21H28O3/c1-3-5-15-24-20-14-12-17(16-21(20)23-4-2)11-13-19(22)18-9-7-6-8-10-18/h6-10,12,14,16,19,22H,3-5,11,13,15H2,1-2H3. The van der Waals surface area contributed by atoms with Crippen LogP contribution in [-0.4, -0.2) is 18.3 Å². The number of hydrogen-bond donors (Lipinski definition) is 1. The Balaban J connectivity index is 1.98. The summed E-state index contributed by atoms with van der Waals surface area (Å²) in [4.78, 5) is 0. The maximum absolute atomic E-state index is 10.3. The van der Waals surface area contributed by atoms with Crippen LogP contribution in [0.3, 0.4) is 0 Å². The number of aryl methyl sites for hydroxylation is 1. The average molecular weight is 328 g/mol. The van der Waals surface area contributed by atoms with E-state index in [1.807, 2.05) is 49.4 Å². The van der Waals surface area contributed by atoms with Crippen molar-refractivity contribution in [1.82, 2.24) is 0 Å². The van der Waals surface area contributed by atoms with E-state index in [0.29, 0.717) is 19.6 Å². The molecule has 0 bridgehead atoms. The molecule has 0 aliphatic carbocycles. The maximum Gasteiger partial charge on any atom is 0.161 e. The van der Waals surface area contributed by atoms with E-state index in [4.69, 9.17) is 9.47 Å². The van der Waals surface area contributed by atoms with Gasteiger partial charge in [0.05, 0.1) is 19.3 Å². The number of aliphatic hydroxyl groups is 1. The van der Waals surface area contributed by atoms with Gasteiger partial charge in [0.1, 0.15) is 0 Å². The highest BCUT2D eigenvalue weighted by molar-refractivity contribution is 5.43. The Hall–Kier alpha value is -2.00. The molecule has 0 aromatic heterocycles. The van der Waals surface area contributed by atoms with Crippen LogP contribution in [-0.2, 0) is 6.42 Å². The number of aliphatic hydroxyl groups excluding tert-OH is 1. The third kappa shape index (κ3) is 5.57. The number of rotatable bonds is 10. The van der Waals surface area contributed by atoms with Crippen LogP contribution in [0.1, 0.15) is 50.3 Å². The molecule has 2 aromatic carbocycles. The van der Waals surface area contributed by atoms with E-state index in [9.17, 15) is 5.11 Å². The highest BCUT2D eigenvalue weighted by Gasteiger charge is 2.10. The molecule has 1 N–H and O–H groups in total. The van der Waals surface area contributed by atoms with Gasteiger partial charge in [-0.2, -0.15) is 0 Å². The fraction of sp³-hybridized carbons (Fsp3) is 0.429. The summed E-state index contributed by atoms with van der Waals surface area (Å²) in [6.45, 7) is 5.44. The Bertz CT molecular complexity index is 595. The fourth-order valence-electron chi connectivity index (χ4n) is 2.57. The van der Waals surface area contributed by atoms with Gasteiger partial charge in [-0.15, -0.1) is 0 Å². The molecule has 3 heteroatoms. The first-order chi connectivity index (χ1) is 11.7. The van der Waals surface area contributed by atoms with Gasteiger partial charge in [-0.05, 0) is 49.4 Å². The largest absolute Gasteiger partial charge is 0.490 e. The van der Waals surface area contributed by atoms with Crippen LogP contribution >= 0.6 is 0 Å². The molecule has 3 nitrogen and oxygen atoms in total. The number of hydrogen-bond acceptors (Lipinski definition) is 3. The monoisotopic (exact) mass is 328 g/mol. The Morgan fingerprint density at radius 3 is 2.46 bits per heavy atom. The fourth-order valence-corrected chi connectivity index (χ4v) is 2.57. The lowest BCUT2D eigenvalue weighted by Crippen LogP contribution is -2.03. The highest BCUT2D eigenvalue weighted by atomic mass is 16.5. The smallest absolute Gasteiger partial charge is 0.161 e. The van der Waals surface area contributed by atoms with Crippen molar-refractivity contribution in [3.63, 3.8) is 0 Å². The lowest BCUT2D eigenvalue weighted by Gasteiger charge is -2.14. The van der Waals surface area contributed by atoms with Crippen molar-refractivity contribution in [3.8, 4) is 11.5 Å². The SMILES string of the molecule is CCCCOc1ccc(CCC(O)c2ccccc2)cc1OCC. The van der Waals surface area contributed by atoms with Crippen molar-refractivity contribution < 1.29 is 14.6 Å². The van der Waals surface area contributed by atoms with E-state index in [2.05, 4.69) is 13.0 Å². The molecule has 0 radical (unpaired) electrons. The minimum absolute atomic E-state index is 0.442. The first-order valence-electron chi connectivity index (χ1n) is 8.86. The first-order valence-corrected chi connectivity index (χ1v) is 8.86. The zero-order valence-electron chi connectivity index (χ0n) is 14.7. The molecule has 0 spiro atoms. The van der Waals surface area contributed by atoms with Gasteiger partial charge >= 0.3 is 0 Å². The first kappa shape index (κ1) is 18.3. The normalized spacial score (nSPS) is 12.0. The third-order valence-electron chi connectivity index (χ3n) is 3.95. The van der Waals surface area contributed by atoms with Crippen LogP contribution in [0.15, 0.2) is 48.5 Å². The van der Waals surface area contributed by atoms with Crippen molar-refractivity contribution in [2.45, 2.75) is 45.6 Å². The van der Waals surface area contributed by atoms with E-state index in [-0.39, 0.29) is 0 Å². The molecular formula is C21H28O3. The number of unbranched alkanes of at least 4 members (excludes halogenated alkanes) is 1. The molecule has 0 amide bonds. The zero-order chi connectivity index (χ0) is 17.2. The van der Waals surface area contributed by atoms with Gasteiger partial charge in [0.2, 0.25) is 0 Å². The van der Waals surface area contributed by atoms with Crippen LogP contribution < -0.4 is 9.47 Å². The second-order valence-corrected chi connectivity index (χ2v) is 5.88. The minimum Gasteiger partial charge on any atom is -0.490 e. The van der Waals surface area contributed by atoms with Crippen molar-refractivity contribution >= 4 is 0 Å². The van der Waals surface area contributed by atoms with Gasteiger partial charge in [0.15, 0.2) is 11.5 Å². The number of ether oxygens (including phenoxy) is 2. The molecular weight excluding hydrogens is 300 g/mol. The van der Waals surface area contributed by atoms with E-state index in [1.165, 1.54) is 0 Å². The summed E-state index contributed by atoms with van der Waals surface area (Å²) in [7, 11) is 0. The van der Waals surface area contributed by atoms with Crippen molar-refractivity contribution in [3.05, 3.63) is 59.7 Å². The minimum atomic E-state index is -0.442. The summed E-state index contributed by atoms with van der Waals surface area (Å²) in [5, 5.41) is 10.3. The van der Waals surface area contributed by atoms with E-state index in [1.54, 1.807) is 0 Å². The van der Waals surface area contributed by atoms with Gasteiger partial charge in [-0.25, -0.2) is 0 Å². The second kappa shape index (κ2) is 9.99. The quantitative estimate of drug-likeness (QED) is 0.628. The van der Waals surface area contributed by atoms with E-state index in [0.717, 1.165) is 41.9 Å². The van der Waals surface area contributed by atoms with Gasteiger partial charge in [-0.3, -0.25) is 0 Å². The Morgan fingerprint density at radius 1 is 0.958 bits per heavy atom. The summed E-state index contributed by atoms with van der Waals surface area (Å²) in [6, 6.07) is 15.8. The van der Waals surface area contributed by atoms with Gasteiger partial charge in [0, 0.05) is 0 Å². The molecule has 2 rings (SSSR count). The lowest BCUT2D eigenvalue weighted by molar-refractivity contribution is 0.168. The predicted molar refractivity (Wildman–Crippen MR) is 97.7 cm³/mol. The Kier molecular flexibility index (Phi) is 7.63. The van der Waals surface area contributed by atoms with E-state index < -0.39 is 6.10 Å². The Morgan fingerprint density at radius 2 is 1.75 bits per heavy atom. The molecule has 130 valence electrons. The highest BCUT2D eigenvalue weighted by Crippen LogP contribution is 2.30. The predicted octanol–water partition coefficient (Wildman–Crippen LogP) is 4.93. The van der Waals surface area contributed by atoms with Crippen LogP contribution in [0, 0.1) is 0 Å². The summed E-state index contributed by atoms with van der Waals surface area (Å²) in [5.74, 6) is 1.60. The van der Waals surface area contributed by atoms with Crippen molar-refractivity contribution in [2.75, 3.05) is 13.2 Å². The molecule has 0 saturated heterocycles. The van der Waals surface area contributed by atoms with Crippen molar-refractivity contribution in [1.29, 1.82) is 0 Å². The summed E-state index contributed by atoms with van der Waals surface area (Å²) >= 11 is 0. The molecule has 24 heavy (non-hydrogen) atoms. The molecule has 2 aromatic rings. The van der Waals surface area contributed by atoms with Gasteiger partial charge in [-0.1, -0.05) is 49.7 Å². The molecule has 0 heterocycles. The average Bonchev–Trinajstić information content (AvgIpc) is 2.62.